The molecule has 2 aliphatic rings. The number of benzene rings is 4. The number of aromatic nitrogens is 2. The summed E-state index contributed by atoms with van der Waals surface area (Å²) in [4.78, 5) is 0.345. The van der Waals surface area contributed by atoms with E-state index in [1.54, 1.807) is 13.2 Å². The van der Waals surface area contributed by atoms with Crippen LogP contribution in [0.25, 0.3) is 0 Å². The molecule has 53 heavy (non-hydrogen) atoms. The number of fused-ring (bicyclic) bond motifs is 1. The quantitative estimate of drug-likeness (QED) is 0.145. The molecule has 7 rings (SSSR count). The number of sulfonamides is 1. The highest BCUT2D eigenvalue weighted by Crippen LogP contribution is 2.43. The Morgan fingerprint density at radius 1 is 0.830 bits per heavy atom. The fraction of sp³-hybridized carbons (Fsp3) is 0.372. The lowest BCUT2D eigenvalue weighted by Crippen LogP contribution is -2.67. The number of nitrogens with one attached hydrogen (secondary N) is 1. The lowest BCUT2D eigenvalue weighted by atomic mass is 10.0. The van der Waals surface area contributed by atoms with Crippen LogP contribution in [-0.4, -0.2) is 44.0 Å². The van der Waals surface area contributed by atoms with E-state index < -0.39 is 18.3 Å². The van der Waals surface area contributed by atoms with Crippen LogP contribution in [0.1, 0.15) is 83.5 Å². The Labute approximate surface area is 316 Å². The molecule has 278 valence electrons. The van der Waals surface area contributed by atoms with Gasteiger partial charge < -0.3 is 14.5 Å². The van der Waals surface area contributed by atoms with Crippen molar-refractivity contribution >= 4 is 40.2 Å². The minimum atomic E-state index is -3.66. The molecule has 10 heteroatoms. The molecule has 2 atom stereocenters. The average Bonchev–Trinajstić information content (AvgIpc) is 3.84. The summed E-state index contributed by atoms with van der Waals surface area (Å²) < 4.78 is 43.8. The zero-order valence-corrected chi connectivity index (χ0v) is 33.8. The summed E-state index contributed by atoms with van der Waals surface area (Å²) in [7, 11) is -4.72. The molecule has 1 fully saturated rings. The van der Waals surface area contributed by atoms with Gasteiger partial charge in [0.05, 0.1) is 23.2 Å². The van der Waals surface area contributed by atoms with Gasteiger partial charge in [0, 0.05) is 36.9 Å². The molecular formula is C43H52N4O4SSi. The molecule has 1 aromatic heterocycles. The van der Waals surface area contributed by atoms with Gasteiger partial charge in [0.1, 0.15) is 11.6 Å². The fourth-order valence-electron chi connectivity index (χ4n) is 8.10. The minimum Gasteiger partial charge on any atom is -0.497 e. The molecule has 8 nitrogen and oxygen atoms in total. The van der Waals surface area contributed by atoms with Crippen molar-refractivity contribution in [3.8, 4) is 5.75 Å². The number of rotatable bonds is 10. The van der Waals surface area contributed by atoms with Crippen LogP contribution < -0.4 is 20.4 Å². The van der Waals surface area contributed by atoms with E-state index in [4.69, 9.17) is 14.3 Å². The van der Waals surface area contributed by atoms with Crippen molar-refractivity contribution in [3.05, 3.63) is 126 Å². The first kappa shape index (κ1) is 37.1. The van der Waals surface area contributed by atoms with Crippen LogP contribution >= 0.6 is 0 Å². The van der Waals surface area contributed by atoms with E-state index >= 15 is 0 Å². The van der Waals surface area contributed by atoms with Gasteiger partial charge >= 0.3 is 0 Å². The third-order valence-electron chi connectivity index (χ3n) is 10.7. The second-order valence-electron chi connectivity index (χ2n) is 16.5. The minimum absolute atomic E-state index is 0.0885. The van der Waals surface area contributed by atoms with Gasteiger partial charge in [0.15, 0.2) is 0 Å². The molecule has 0 unspecified atom stereocenters. The third-order valence-corrected chi connectivity index (χ3v) is 17.7. The molecular weight excluding hydrogens is 697 g/mol. The third kappa shape index (κ3) is 7.22. The van der Waals surface area contributed by atoms with Gasteiger partial charge in [-0.1, -0.05) is 99.6 Å². The lowest BCUT2D eigenvalue weighted by Gasteiger charge is -2.44. The summed E-state index contributed by atoms with van der Waals surface area (Å²) in [5.41, 5.74) is 3.16. The Hall–Kier alpha value is -4.22. The fourth-order valence-corrected chi connectivity index (χ4v) is 14.5. The van der Waals surface area contributed by atoms with Crippen molar-refractivity contribution in [1.82, 2.24) is 14.1 Å². The van der Waals surface area contributed by atoms with E-state index in [9.17, 15) is 8.42 Å². The lowest BCUT2D eigenvalue weighted by molar-refractivity contribution is 0.193. The number of hydrogen-bond donors (Lipinski definition) is 1. The van der Waals surface area contributed by atoms with Gasteiger partial charge in [-0.3, -0.25) is 0 Å². The van der Waals surface area contributed by atoms with Crippen LogP contribution in [0.3, 0.4) is 0 Å². The SMILES string of the molecule is COc1ccc(CN2Cc3ccc(Nc4cc([C@H]5CC[C@@H](O[Si](c6ccccc6)(c6ccccc6)C(C)(C)C)C5)nn4C(C)(C)C)cc3S2(=O)=O)cc1. The summed E-state index contributed by atoms with van der Waals surface area (Å²) in [5, 5.41) is 11.3. The topological polar surface area (TPSA) is 85.7 Å². The number of ether oxygens (including phenoxy) is 1. The van der Waals surface area contributed by atoms with Gasteiger partial charge in [-0.25, -0.2) is 13.1 Å². The van der Waals surface area contributed by atoms with Gasteiger partial charge in [-0.05, 0) is 90.8 Å². The second-order valence-corrected chi connectivity index (χ2v) is 22.7. The highest BCUT2D eigenvalue weighted by atomic mass is 32.2. The summed E-state index contributed by atoms with van der Waals surface area (Å²) in [5.74, 6) is 1.83. The Morgan fingerprint density at radius 3 is 2.06 bits per heavy atom. The zero-order valence-electron chi connectivity index (χ0n) is 32.0. The van der Waals surface area contributed by atoms with E-state index in [0.29, 0.717) is 18.0 Å². The zero-order chi connectivity index (χ0) is 37.6. The Kier molecular flexibility index (Phi) is 9.95. The number of methoxy groups -OCH3 is 1. The van der Waals surface area contributed by atoms with Crippen LogP contribution in [-0.2, 0) is 33.1 Å². The summed E-state index contributed by atoms with van der Waals surface area (Å²) in [6, 6.07) is 37.0. The molecule has 4 aromatic carbocycles. The molecule has 1 saturated carbocycles. The van der Waals surface area contributed by atoms with E-state index in [1.807, 2.05) is 41.1 Å². The summed E-state index contributed by atoms with van der Waals surface area (Å²) >= 11 is 0. The van der Waals surface area contributed by atoms with E-state index in [0.717, 1.165) is 53.3 Å². The summed E-state index contributed by atoms with van der Waals surface area (Å²) in [6.45, 7) is 14.1. The molecule has 0 saturated heterocycles. The predicted molar refractivity (Wildman–Crippen MR) is 215 cm³/mol. The first-order valence-electron chi connectivity index (χ1n) is 18.6. The standard InChI is InChI=1S/C43H52N4O4SSi/c1-42(2,3)47-41(44-34-22-20-33-30-46(52(48,49)40(33)27-34)29-31-18-23-35(50-7)24-19-31)28-39(45-47)32-21-25-36(26-32)51-53(43(4,5)6,37-14-10-8-11-15-37)38-16-12-9-13-17-38/h8-20,22-24,27-28,32,36,44H,21,25-26,29-30H2,1-7H3/t32-,36+/m0/s1. The van der Waals surface area contributed by atoms with E-state index in [1.165, 1.54) is 14.7 Å². The van der Waals surface area contributed by atoms with Crippen molar-refractivity contribution in [2.24, 2.45) is 0 Å². The van der Waals surface area contributed by atoms with Crippen LogP contribution in [0, 0.1) is 0 Å². The number of nitrogens with zero attached hydrogens (tertiary/aromatic N) is 3. The van der Waals surface area contributed by atoms with Crippen LogP contribution in [0.15, 0.2) is 114 Å². The van der Waals surface area contributed by atoms with Crippen molar-refractivity contribution in [2.75, 3.05) is 12.4 Å². The predicted octanol–water partition coefficient (Wildman–Crippen LogP) is 8.31. The molecule has 0 amide bonds. The summed E-state index contributed by atoms with van der Waals surface area (Å²) in [6.07, 6.45) is 2.96. The van der Waals surface area contributed by atoms with E-state index in [2.05, 4.69) is 114 Å². The first-order valence-corrected chi connectivity index (χ1v) is 22.0. The van der Waals surface area contributed by atoms with Gasteiger partial charge in [-0.2, -0.15) is 9.40 Å². The van der Waals surface area contributed by atoms with Crippen molar-refractivity contribution in [1.29, 1.82) is 0 Å². The maximum absolute atomic E-state index is 13.7. The highest BCUT2D eigenvalue weighted by Gasteiger charge is 2.52. The van der Waals surface area contributed by atoms with Crippen LogP contribution in [0.2, 0.25) is 5.04 Å². The van der Waals surface area contributed by atoms with Crippen molar-refractivity contribution < 1.29 is 17.6 Å². The van der Waals surface area contributed by atoms with Crippen LogP contribution in [0.5, 0.6) is 5.75 Å². The van der Waals surface area contributed by atoms with Crippen molar-refractivity contribution in [3.63, 3.8) is 0 Å². The van der Waals surface area contributed by atoms with Crippen molar-refractivity contribution in [2.45, 2.75) is 101 Å². The molecule has 0 radical (unpaired) electrons. The molecule has 5 aromatic rings. The molecule has 1 aliphatic carbocycles. The van der Waals surface area contributed by atoms with Gasteiger partial charge in [0.25, 0.3) is 8.32 Å². The maximum Gasteiger partial charge on any atom is 0.261 e. The van der Waals surface area contributed by atoms with Gasteiger partial charge in [-0.15, -0.1) is 0 Å². The molecule has 1 N–H and O–H groups in total. The van der Waals surface area contributed by atoms with E-state index in [-0.39, 0.29) is 22.6 Å². The number of hydrogen-bond acceptors (Lipinski definition) is 6. The number of anilines is 2. The molecule has 0 spiro atoms. The average molecular weight is 749 g/mol. The maximum atomic E-state index is 13.7. The molecule has 0 bridgehead atoms. The monoisotopic (exact) mass is 748 g/mol. The smallest absolute Gasteiger partial charge is 0.261 e. The van der Waals surface area contributed by atoms with Crippen LogP contribution in [0.4, 0.5) is 11.5 Å². The Balaban J connectivity index is 1.13. The Bertz CT molecular complexity index is 2120. The second kappa shape index (κ2) is 14.2. The Morgan fingerprint density at radius 2 is 1.47 bits per heavy atom. The highest BCUT2D eigenvalue weighted by molar-refractivity contribution is 7.89. The largest absolute Gasteiger partial charge is 0.497 e. The molecule has 2 heterocycles. The normalized spacial score (nSPS) is 18.9. The van der Waals surface area contributed by atoms with Gasteiger partial charge in [0.2, 0.25) is 10.0 Å². The first-order chi connectivity index (χ1) is 25.2. The molecule has 1 aliphatic heterocycles.